The van der Waals surface area contributed by atoms with Crippen LogP contribution >= 0.6 is 15.9 Å². The number of pyridine rings is 2. The molecule has 2 nitrogen and oxygen atoms in total. The van der Waals surface area contributed by atoms with Crippen molar-refractivity contribution in [1.29, 1.82) is 0 Å². The van der Waals surface area contributed by atoms with Gasteiger partial charge in [0.25, 0.3) is 0 Å². The van der Waals surface area contributed by atoms with Crippen LogP contribution in [0.3, 0.4) is 0 Å². The van der Waals surface area contributed by atoms with Gasteiger partial charge in [0.2, 0.25) is 0 Å². The van der Waals surface area contributed by atoms with Crippen molar-refractivity contribution in [1.82, 2.24) is 9.97 Å². The van der Waals surface area contributed by atoms with Gasteiger partial charge in [0.15, 0.2) is 0 Å². The van der Waals surface area contributed by atoms with Crippen LogP contribution in [0.4, 0.5) is 0 Å². The lowest BCUT2D eigenvalue weighted by Gasteiger charge is -2.08. The Balaban J connectivity index is 2.06. The molecular weight excluding hydrogens is 324 g/mol. The molecular formula is C18H11BrN2. The number of hydrogen-bond donors (Lipinski definition) is 0. The molecule has 100 valence electrons. The number of rotatable bonds is 1. The molecule has 0 atom stereocenters. The Morgan fingerprint density at radius 1 is 0.714 bits per heavy atom. The Morgan fingerprint density at radius 2 is 1.52 bits per heavy atom. The number of aromatic nitrogens is 2. The van der Waals surface area contributed by atoms with Gasteiger partial charge in [0, 0.05) is 27.6 Å². The molecule has 0 unspecified atom stereocenters. The molecule has 0 N–H and O–H groups in total. The van der Waals surface area contributed by atoms with Crippen LogP contribution in [0.15, 0.2) is 71.5 Å². The molecule has 21 heavy (non-hydrogen) atoms. The summed E-state index contributed by atoms with van der Waals surface area (Å²) < 4.78 is 1.08. The van der Waals surface area contributed by atoms with Crippen molar-refractivity contribution in [3.05, 3.63) is 71.5 Å². The highest BCUT2D eigenvalue weighted by molar-refractivity contribution is 9.10. The number of benzene rings is 2. The van der Waals surface area contributed by atoms with E-state index in [1.807, 2.05) is 18.5 Å². The van der Waals surface area contributed by atoms with Gasteiger partial charge in [0.1, 0.15) is 0 Å². The summed E-state index contributed by atoms with van der Waals surface area (Å²) in [4.78, 5) is 9.03. The smallest absolute Gasteiger partial charge is 0.0970 e. The monoisotopic (exact) mass is 334 g/mol. The van der Waals surface area contributed by atoms with Crippen molar-refractivity contribution >= 4 is 37.7 Å². The van der Waals surface area contributed by atoms with Crippen LogP contribution in [0.1, 0.15) is 0 Å². The summed E-state index contributed by atoms with van der Waals surface area (Å²) in [5.41, 5.74) is 4.27. The van der Waals surface area contributed by atoms with Crippen molar-refractivity contribution in [2.75, 3.05) is 0 Å². The van der Waals surface area contributed by atoms with Crippen LogP contribution in [0.5, 0.6) is 0 Å². The first kappa shape index (κ1) is 12.5. The predicted octanol–water partition coefficient (Wildman–Crippen LogP) is 5.21. The molecule has 4 rings (SSSR count). The number of halogens is 1. The summed E-state index contributed by atoms with van der Waals surface area (Å²) in [5.74, 6) is 0. The molecule has 0 saturated carbocycles. The minimum absolute atomic E-state index is 0.952. The molecule has 2 aromatic carbocycles. The average Bonchev–Trinajstić information content (AvgIpc) is 2.55. The minimum atomic E-state index is 0.952. The largest absolute Gasteiger partial charge is 0.254 e. The molecule has 3 heteroatoms. The SMILES string of the molecule is Brc1ccc(-c2ccnc3c2ccc2cccnc23)cc1. The molecule has 0 bridgehead atoms. The van der Waals surface area contributed by atoms with Gasteiger partial charge in [-0.25, -0.2) is 0 Å². The van der Waals surface area contributed by atoms with Crippen LogP contribution in [0.25, 0.3) is 32.9 Å². The first-order chi connectivity index (χ1) is 10.3. The van der Waals surface area contributed by atoms with E-state index in [0.717, 1.165) is 26.3 Å². The molecule has 0 fully saturated rings. The van der Waals surface area contributed by atoms with Crippen molar-refractivity contribution < 1.29 is 0 Å². The van der Waals surface area contributed by atoms with Gasteiger partial charge in [0.05, 0.1) is 11.0 Å². The summed E-state index contributed by atoms with van der Waals surface area (Å²) >= 11 is 3.48. The second-order valence-electron chi connectivity index (χ2n) is 4.90. The zero-order valence-electron chi connectivity index (χ0n) is 11.1. The average molecular weight is 335 g/mol. The van der Waals surface area contributed by atoms with Gasteiger partial charge < -0.3 is 0 Å². The molecule has 0 saturated heterocycles. The van der Waals surface area contributed by atoms with Crippen molar-refractivity contribution in [3.8, 4) is 11.1 Å². The third-order valence-corrected chi connectivity index (χ3v) is 4.17. The van der Waals surface area contributed by atoms with Crippen molar-refractivity contribution in [3.63, 3.8) is 0 Å². The summed E-state index contributed by atoms with van der Waals surface area (Å²) in [7, 11) is 0. The van der Waals surface area contributed by atoms with E-state index in [-0.39, 0.29) is 0 Å². The maximum absolute atomic E-state index is 4.54. The predicted molar refractivity (Wildman–Crippen MR) is 90.2 cm³/mol. The second-order valence-corrected chi connectivity index (χ2v) is 5.82. The lowest BCUT2D eigenvalue weighted by molar-refractivity contribution is 1.37. The first-order valence-corrected chi connectivity index (χ1v) is 7.50. The van der Waals surface area contributed by atoms with Gasteiger partial charge in [-0.05, 0) is 35.4 Å². The third kappa shape index (κ3) is 2.10. The summed E-state index contributed by atoms with van der Waals surface area (Å²) in [6, 6.07) is 18.6. The summed E-state index contributed by atoms with van der Waals surface area (Å²) in [5, 5.41) is 2.25. The first-order valence-electron chi connectivity index (χ1n) is 6.71. The molecule has 0 aliphatic rings. The molecule has 0 aliphatic carbocycles. The van der Waals surface area contributed by atoms with Crippen LogP contribution in [-0.2, 0) is 0 Å². The Morgan fingerprint density at radius 3 is 2.38 bits per heavy atom. The standard InChI is InChI=1S/C18H11BrN2/c19-14-6-3-12(4-7-14)15-9-11-21-18-16(15)8-5-13-2-1-10-20-17(13)18/h1-11H. The van der Waals surface area contributed by atoms with E-state index in [1.165, 1.54) is 11.1 Å². The van der Waals surface area contributed by atoms with Crippen LogP contribution in [0, 0.1) is 0 Å². The summed E-state index contributed by atoms with van der Waals surface area (Å²) in [6.07, 6.45) is 3.67. The second kappa shape index (κ2) is 4.93. The van der Waals surface area contributed by atoms with Gasteiger partial charge in [-0.15, -0.1) is 0 Å². The van der Waals surface area contributed by atoms with Gasteiger partial charge in [-0.3, -0.25) is 9.97 Å². The molecule has 2 aromatic heterocycles. The van der Waals surface area contributed by atoms with E-state index >= 15 is 0 Å². The fourth-order valence-electron chi connectivity index (χ4n) is 2.64. The van der Waals surface area contributed by atoms with E-state index in [0.29, 0.717) is 0 Å². The van der Waals surface area contributed by atoms with Crippen LogP contribution in [0.2, 0.25) is 0 Å². The maximum atomic E-state index is 4.54. The molecule has 0 spiro atoms. The zero-order chi connectivity index (χ0) is 14.2. The minimum Gasteiger partial charge on any atom is -0.254 e. The van der Waals surface area contributed by atoms with E-state index in [4.69, 9.17) is 0 Å². The van der Waals surface area contributed by atoms with Gasteiger partial charge >= 0.3 is 0 Å². The van der Waals surface area contributed by atoms with E-state index in [1.54, 1.807) is 0 Å². The zero-order valence-corrected chi connectivity index (χ0v) is 12.7. The lowest BCUT2D eigenvalue weighted by Crippen LogP contribution is -1.87. The maximum Gasteiger partial charge on any atom is 0.0970 e. The third-order valence-electron chi connectivity index (χ3n) is 3.64. The van der Waals surface area contributed by atoms with Crippen LogP contribution < -0.4 is 0 Å². The highest BCUT2D eigenvalue weighted by atomic mass is 79.9. The van der Waals surface area contributed by atoms with Gasteiger partial charge in [-0.1, -0.05) is 46.3 Å². The lowest BCUT2D eigenvalue weighted by atomic mass is 10.00. The summed E-state index contributed by atoms with van der Waals surface area (Å²) in [6.45, 7) is 0. The van der Waals surface area contributed by atoms with E-state index in [9.17, 15) is 0 Å². The Labute approximate surface area is 130 Å². The number of hydrogen-bond acceptors (Lipinski definition) is 2. The van der Waals surface area contributed by atoms with E-state index in [2.05, 4.69) is 74.4 Å². The highest BCUT2D eigenvalue weighted by Gasteiger charge is 2.08. The van der Waals surface area contributed by atoms with Crippen molar-refractivity contribution in [2.45, 2.75) is 0 Å². The molecule has 0 amide bonds. The Kier molecular flexibility index (Phi) is 2.93. The van der Waals surface area contributed by atoms with Crippen LogP contribution in [-0.4, -0.2) is 9.97 Å². The van der Waals surface area contributed by atoms with E-state index < -0.39 is 0 Å². The molecule has 2 heterocycles. The number of nitrogens with zero attached hydrogens (tertiary/aromatic N) is 2. The topological polar surface area (TPSA) is 25.8 Å². The highest BCUT2D eigenvalue weighted by Crippen LogP contribution is 2.31. The van der Waals surface area contributed by atoms with Gasteiger partial charge in [-0.2, -0.15) is 0 Å². The van der Waals surface area contributed by atoms with Crippen molar-refractivity contribution in [2.24, 2.45) is 0 Å². The number of fused-ring (bicyclic) bond motifs is 3. The molecule has 0 aliphatic heterocycles. The fourth-order valence-corrected chi connectivity index (χ4v) is 2.90. The normalized spacial score (nSPS) is 11.1. The Bertz CT molecular complexity index is 946. The fraction of sp³-hybridized carbons (Fsp3) is 0. The quantitative estimate of drug-likeness (QED) is 0.446. The Hall–Kier alpha value is -2.26. The molecule has 4 aromatic rings. The molecule has 0 radical (unpaired) electrons.